The van der Waals surface area contributed by atoms with Crippen molar-refractivity contribution in [2.24, 2.45) is 0 Å². The third-order valence-electron chi connectivity index (χ3n) is 4.41. The quantitative estimate of drug-likeness (QED) is 0.512. The molecule has 132 valence electrons. The fourth-order valence-electron chi connectivity index (χ4n) is 2.92. The minimum Gasteiger partial charge on any atom is -0.443 e. The van der Waals surface area contributed by atoms with E-state index in [2.05, 4.69) is 30.9 Å². The van der Waals surface area contributed by atoms with Crippen LogP contribution in [0.25, 0.3) is 22.5 Å². The molecule has 0 radical (unpaired) electrons. The number of rotatable bonds is 3. The lowest BCUT2D eigenvalue weighted by Crippen LogP contribution is -2.11. The van der Waals surface area contributed by atoms with E-state index in [-0.39, 0.29) is 11.2 Å². The monoisotopic (exact) mass is 349 g/mol. The Bertz CT molecular complexity index is 1070. The fraction of sp³-hybridized carbons (Fsp3) is 0.238. The summed E-state index contributed by atoms with van der Waals surface area (Å²) in [5, 5.41) is 5.62. The number of benzene rings is 2. The van der Waals surface area contributed by atoms with Gasteiger partial charge in [-0.2, -0.15) is 5.10 Å². The van der Waals surface area contributed by atoms with Gasteiger partial charge in [-0.15, -0.1) is 0 Å². The summed E-state index contributed by atoms with van der Waals surface area (Å²) in [7, 11) is 0. The summed E-state index contributed by atoms with van der Waals surface area (Å²) in [5.74, 6) is 0.248. The van der Waals surface area contributed by atoms with Crippen LogP contribution in [0.4, 0.5) is 4.39 Å². The number of aromatic nitrogens is 3. The van der Waals surface area contributed by atoms with E-state index in [1.54, 1.807) is 23.1 Å². The molecule has 0 aliphatic heterocycles. The first-order valence-electron chi connectivity index (χ1n) is 8.59. The number of hydrogen-bond donors (Lipinski definition) is 0. The van der Waals surface area contributed by atoms with Gasteiger partial charge in [0.25, 0.3) is 0 Å². The normalized spacial score (nSPS) is 12.0. The highest BCUT2D eigenvalue weighted by Crippen LogP contribution is 2.30. The highest BCUT2D eigenvalue weighted by Gasteiger charge is 2.22. The van der Waals surface area contributed by atoms with Crippen molar-refractivity contribution >= 4 is 10.9 Å². The minimum atomic E-state index is -0.236. The zero-order valence-electron chi connectivity index (χ0n) is 15.0. The maximum Gasteiger partial charge on any atom is 0.247 e. The van der Waals surface area contributed by atoms with Crippen LogP contribution >= 0.6 is 0 Å². The van der Waals surface area contributed by atoms with Gasteiger partial charge in [0.2, 0.25) is 5.89 Å². The maximum absolute atomic E-state index is 14.1. The molecule has 4 aromatic rings. The van der Waals surface area contributed by atoms with Crippen molar-refractivity contribution in [2.45, 2.75) is 32.7 Å². The van der Waals surface area contributed by atoms with E-state index in [1.165, 1.54) is 6.07 Å². The predicted molar refractivity (Wildman–Crippen MR) is 99.4 cm³/mol. The summed E-state index contributed by atoms with van der Waals surface area (Å²) in [6.07, 6.45) is 1.68. The van der Waals surface area contributed by atoms with Gasteiger partial charge in [-0.25, -0.2) is 9.37 Å². The predicted octanol–water partition coefficient (Wildman–Crippen LogP) is 5.18. The van der Waals surface area contributed by atoms with Gasteiger partial charge in [-0.3, -0.25) is 4.68 Å². The first kappa shape index (κ1) is 16.5. The average Bonchev–Trinajstić information content (AvgIpc) is 3.22. The van der Waals surface area contributed by atoms with Crippen molar-refractivity contribution in [3.8, 4) is 11.6 Å². The second-order valence-electron chi connectivity index (χ2n) is 7.40. The molecule has 0 aliphatic carbocycles. The highest BCUT2D eigenvalue weighted by atomic mass is 19.1. The number of fused-ring (bicyclic) bond motifs is 1. The lowest BCUT2D eigenvalue weighted by Gasteiger charge is -2.12. The smallest absolute Gasteiger partial charge is 0.247 e. The molecule has 4 nitrogen and oxygen atoms in total. The van der Waals surface area contributed by atoms with Crippen LogP contribution in [0, 0.1) is 5.82 Å². The van der Waals surface area contributed by atoms with Crippen molar-refractivity contribution in [1.82, 2.24) is 14.8 Å². The molecule has 0 saturated carbocycles. The summed E-state index contributed by atoms with van der Waals surface area (Å²) >= 11 is 0. The molecule has 0 N–H and O–H groups in total. The molecule has 2 aromatic heterocycles. The Hall–Kier alpha value is -2.95. The standard InChI is InChI=1S/C21H20FN3O/c1-21(2,3)18-13-26-20(23-18)19-15-9-5-7-11-17(15)25(24-19)12-14-8-4-6-10-16(14)22/h4-11,13H,12H2,1-3H3. The minimum absolute atomic E-state index is 0.104. The topological polar surface area (TPSA) is 43.9 Å². The van der Waals surface area contributed by atoms with E-state index in [0.29, 0.717) is 23.7 Å². The second-order valence-corrected chi connectivity index (χ2v) is 7.40. The van der Waals surface area contributed by atoms with Crippen molar-refractivity contribution in [2.75, 3.05) is 0 Å². The van der Waals surface area contributed by atoms with Gasteiger partial charge in [0.15, 0.2) is 5.69 Å². The van der Waals surface area contributed by atoms with E-state index in [9.17, 15) is 4.39 Å². The molecule has 0 amide bonds. The van der Waals surface area contributed by atoms with Gasteiger partial charge in [-0.05, 0) is 12.1 Å². The van der Waals surface area contributed by atoms with Crippen LogP contribution in [-0.2, 0) is 12.0 Å². The Morgan fingerprint density at radius 3 is 2.50 bits per heavy atom. The summed E-state index contributed by atoms with van der Waals surface area (Å²) in [6.45, 7) is 6.61. The SMILES string of the molecule is CC(C)(C)c1coc(-c2nn(Cc3ccccc3F)c3ccccc23)n1. The lowest BCUT2D eigenvalue weighted by atomic mass is 9.93. The Balaban J connectivity index is 1.82. The fourth-order valence-corrected chi connectivity index (χ4v) is 2.92. The van der Waals surface area contributed by atoms with Crippen LogP contribution in [-0.4, -0.2) is 14.8 Å². The van der Waals surface area contributed by atoms with Crippen molar-refractivity contribution in [1.29, 1.82) is 0 Å². The van der Waals surface area contributed by atoms with E-state index >= 15 is 0 Å². The first-order valence-corrected chi connectivity index (χ1v) is 8.59. The number of hydrogen-bond acceptors (Lipinski definition) is 3. The highest BCUT2D eigenvalue weighted by molar-refractivity contribution is 5.91. The molecular formula is C21H20FN3O. The Morgan fingerprint density at radius 1 is 1.04 bits per heavy atom. The summed E-state index contributed by atoms with van der Waals surface area (Å²) in [5.41, 5.74) is 2.96. The van der Waals surface area contributed by atoms with Crippen LogP contribution in [0.15, 0.2) is 59.2 Å². The van der Waals surface area contributed by atoms with Gasteiger partial charge >= 0.3 is 0 Å². The number of oxazole rings is 1. The third kappa shape index (κ3) is 2.90. The van der Waals surface area contributed by atoms with Crippen LogP contribution in [0.2, 0.25) is 0 Å². The largest absolute Gasteiger partial charge is 0.443 e. The van der Waals surface area contributed by atoms with Crippen molar-refractivity contribution in [3.05, 3.63) is 71.9 Å². The molecule has 0 atom stereocenters. The van der Waals surface area contributed by atoms with Gasteiger partial charge < -0.3 is 4.42 Å². The van der Waals surface area contributed by atoms with Gasteiger partial charge in [0.1, 0.15) is 12.1 Å². The first-order chi connectivity index (χ1) is 12.4. The van der Waals surface area contributed by atoms with Gasteiger partial charge in [-0.1, -0.05) is 57.2 Å². The molecule has 0 spiro atoms. The van der Waals surface area contributed by atoms with Gasteiger partial charge in [0, 0.05) is 16.4 Å². The number of halogens is 1. The van der Waals surface area contributed by atoms with E-state index in [0.717, 1.165) is 16.6 Å². The van der Waals surface area contributed by atoms with E-state index in [1.807, 2.05) is 30.3 Å². The molecule has 0 bridgehead atoms. The van der Waals surface area contributed by atoms with Crippen LogP contribution in [0.3, 0.4) is 0 Å². The maximum atomic E-state index is 14.1. The van der Waals surface area contributed by atoms with Crippen molar-refractivity contribution in [3.63, 3.8) is 0 Å². The van der Waals surface area contributed by atoms with Gasteiger partial charge in [0.05, 0.1) is 17.8 Å². The molecule has 0 fully saturated rings. The molecule has 26 heavy (non-hydrogen) atoms. The molecular weight excluding hydrogens is 329 g/mol. The molecule has 2 aromatic carbocycles. The summed E-state index contributed by atoms with van der Waals surface area (Å²) in [4.78, 5) is 4.62. The second kappa shape index (κ2) is 6.09. The van der Waals surface area contributed by atoms with Crippen LogP contribution < -0.4 is 0 Å². The molecule has 5 heteroatoms. The Labute approximate surface area is 151 Å². The zero-order chi connectivity index (χ0) is 18.3. The Morgan fingerprint density at radius 2 is 1.77 bits per heavy atom. The molecule has 0 saturated heterocycles. The Kier molecular flexibility index (Phi) is 3.87. The van der Waals surface area contributed by atoms with Crippen LogP contribution in [0.1, 0.15) is 32.0 Å². The van der Waals surface area contributed by atoms with E-state index in [4.69, 9.17) is 4.42 Å². The van der Waals surface area contributed by atoms with Crippen molar-refractivity contribution < 1.29 is 8.81 Å². The zero-order valence-corrected chi connectivity index (χ0v) is 15.0. The third-order valence-corrected chi connectivity index (χ3v) is 4.41. The summed E-state index contributed by atoms with van der Waals surface area (Å²) < 4.78 is 21.6. The number of nitrogens with zero attached hydrogens (tertiary/aromatic N) is 3. The molecule has 2 heterocycles. The molecule has 4 rings (SSSR count). The number of para-hydroxylation sites is 1. The molecule has 0 unspecified atom stereocenters. The average molecular weight is 349 g/mol. The van der Waals surface area contributed by atoms with E-state index < -0.39 is 0 Å². The summed E-state index contributed by atoms with van der Waals surface area (Å²) in [6, 6.07) is 14.6. The van der Waals surface area contributed by atoms with Crippen LogP contribution in [0.5, 0.6) is 0 Å². The lowest BCUT2D eigenvalue weighted by molar-refractivity contribution is 0.542. The molecule has 0 aliphatic rings.